The molecule has 0 unspecified atom stereocenters. The van der Waals surface area contributed by atoms with Crippen LogP contribution in [-0.4, -0.2) is 35.9 Å². The van der Waals surface area contributed by atoms with Crippen LogP contribution in [0.15, 0.2) is 18.5 Å². The summed E-state index contributed by atoms with van der Waals surface area (Å²) < 4.78 is 3.71. The van der Waals surface area contributed by atoms with Crippen molar-refractivity contribution >= 4 is 28.7 Å². The monoisotopic (exact) mass is 375 g/mol. The molecule has 1 aliphatic heterocycles. The molecule has 1 aliphatic rings. The molecule has 134 valence electrons. The van der Waals surface area contributed by atoms with E-state index in [0.29, 0.717) is 5.92 Å². The zero-order chi connectivity index (χ0) is 18.5. The summed E-state index contributed by atoms with van der Waals surface area (Å²) in [6.07, 6.45) is 8.06. The van der Waals surface area contributed by atoms with Crippen LogP contribution in [0.1, 0.15) is 35.8 Å². The Labute approximate surface area is 160 Å². The molecule has 1 fully saturated rings. The molecule has 0 saturated carbocycles. The van der Waals surface area contributed by atoms with E-state index in [4.69, 9.17) is 15.3 Å². The molecule has 0 bridgehead atoms. The molecule has 9 heteroatoms. The van der Waals surface area contributed by atoms with Crippen LogP contribution in [0, 0.1) is 25.1 Å². The maximum atomic E-state index is 9.07. The van der Waals surface area contributed by atoms with Gasteiger partial charge in [0.15, 0.2) is 5.65 Å². The fourth-order valence-corrected chi connectivity index (χ4v) is 4.79. The molecule has 1 saturated heterocycles. The van der Waals surface area contributed by atoms with Gasteiger partial charge in [0.25, 0.3) is 6.71 Å². The summed E-state index contributed by atoms with van der Waals surface area (Å²) in [5.41, 5.74) is 4.09. The highest BCUT2D eigenvalue weighted by Crippen LogP contribution is 2.34. The molecule has 0 N–H and O–H groups in total. The number of nitrogens with zero attached hydrogens (tertiary/aromatic N) is 7. The average molecular weight is 375 g/mol. The molecular weight excluding hydrogens is 357 g/mol. The Morgan fingerprint density at radius 3 is 2.70 bits per heavy atom. The summed E-state index contributed by atoms with van der Waals surface area (Å²) in [7, 11) is 0. The van der Waals surface area contributed by atoms with E-state index in [1.807, 2.05) is 29.1 Å². The maximum Gasteiger partial charge on any atom is 0.267 e. The van der Waals surface area contributed by atoms with Gasteiger partial charge in [-0.1, -0.05) is 36.8 Å². The van der Waals surface area contributed by atoms with Gasteiger partial charge in [-0.25, -0.2) is 24.3 Å². The third kappa shape index (κ3) is 2.81. The topological polar surface area (TPSA) is 84.2 Å². The molecule has 5 rings (SSSR count). The summed E-state index contributed by atoms with van der Waals surface area (Å²) in [5, 5.41) is 19.2. The van der Waals surface area contributed by atoms with Gasteiger partial charge >= 0.3 is 0 Å². The second-order valence-corrected chi connectivity index (χ2v) is 8.27. The molecule has 0 amide bonds. The van der Waals surface area contributed by atoms with Crippen LogP contribution < -0.4 is 0 Å². The van der Waals surface area contributed by atoms with Gasteiger partial charge in [-0.2, -0.15) is 10.2 Å². The van der Waals surface area contributed by atoms with Crippen molar-refractivity contribution in [1.29, 1.82) is 5.26 Å². The number of aryl methyl sites for hydroxylation is 2. The Morgan fingerprint density at radius 1 is 1.15 bits per heavy atom. The van der Waals surface area contributed by atoms with Crippen LogP contribution in [0.2, 0.25) is 12.6 Å². The summed E-state index contributed by atoms with van der Waals surface area (Å²) in [6, 6.07) is 2.10. The van der Waals surface area contributed by atoms with Gasteiger partial charge in [0.2, 0.25) is 4.96 Å². The molecule has 0 aliphatic carbocycles. The third-order valence-corrected chi connectivity index (χ3v) is 6.33. The summed E-state index contributed by atoms with van der Waals surface area (Å²) in [5.74, 6) is 3.61. The Hall–Kier alpha value is -2.73. The first-order valence-corrected chi connectivity index (χ1v) is 10.0. The molecular formula is C18H18BN7S. The van der Waals surface area contributed by atoms with Crippen molar-refractivity contribution in [3.63, 3.8) is 0 Å². The van der Waals surface area contributed by atoms with Gasteiger partial charge in [-0.15, -0.1) is 0 Å². The van der Waals surface area contributed by atoms with Crippen LogP contribution in [0.3, 0.4) is 0 Å². The lowest BCUT2D eigenvalue weighted by Crippen LogP contribution is -2.19. The normalized spacial score (nSPS) is 15.7. The maximum absolute atomic E-state index is 9.07. The van der Waals surface area contributed by atoms with Crippen LogP contribution >= 0.6 is 11.3 Å². The van der Waals surface area contributed by atoms with Gasteiger partial charge in [0.1, 0.15) is 10.8 Å². The van der Waals surface area contributed by atoms with Gasteiger partial charge in [0, 0.05) is 23.6 Å². The second kappa shape index (κ2) is 6.17. The van der Waals surface area contributed by atoms with E-state index < -0.39 is 0 Å². The quantitative estimate of drug-likeness (QED) is 0.500. The Kier molecular flexibility index (Phi) is 3.76. The summed E-state index contributed by atoms with van der Waals surface area (Å²) >= 11 is 1.59. The molecule has 0 aromatic carbocycles. The number of hydrogen-bond donors (Lipinski definition) is 0. The smallest absolute Gasteiger partial charge is 0.222 e. The molecule has 5 heterocycles. The van der Waals surface area contributed by atoms with E-state index in [-0.39, 0.29) is 6.71 Å². The van der Waals surface area contributed by atoms with Gasteiger partial charge in [-0.05, 0) is 25.5 Å². The highest BCUT2D eigenvalue weighted by molar-refractivity contribution is 7.19. The fourth-order valence-electron chi connectivity index (χ4n) is 3.92. The second-order valence-electron chi connectivity index (χ2n) is 7.32. The number of aromatic nitrogens is 6. The highest BCUT2D eigenvalue weighted by Gasteiger charge is 2.27. The number of hydrogen-bond acceptors (Lipinski definition) is 6. The van der Waals surface area contributed by atoms with E-state index in [2.05, 4.69) is 28.3 Å². The Bertz CT molecular complexity index is 1160. The zero-order valence-corrected chi connectivity index (χ0v) is 16.1. The van der Waals surface area contributed by atoms with Gasteiger partial charge in [0.05, 0.1) is 11.9 Å². The first kappa shape index (κ1) is 16.4. The third-order valence-electron chi connectivity index (χ3n) is 5.36. The molecule has 27 heavy (non-hydrogen) atoms. The number of nitriles is 1. The van der Waals surface area contributed by atoms with Crippen molar-refractivity contribution in [2.45, 2.75) is 45.2 Å². The Balaban J connectivity index is 1.46. The molecule has 0 spiro atoms. The molecule has 0 atom stereocenters. The predicted octanol–water partition coefficient (Wildman–Crippen LogP) is 3.55. The first-order chi connectivity index (χ1) is 13.1. The number of pyridine rings is 1. The van der Waals surface area contributed by atoms with Crippen molar-refractivity contribution in [3.05, 3.63) is 35.5 Å². The van der Waals surface area contributed by atoms with Crippen molar-refractivity contribution in [2.75, 3.05) is 0 Å². The number of imidazole rings is 1. The minimum Gasteiger partial charge on any atom is -0.222 e. The van der Waals surface area contributed by atoms with E-state index in [9.17, 15) is 0 Å². The van der Waals surface area contributed by atoms with Gasteiger partial charge in [-0.3, -0.25) is 0 Å². The minimum atomic E-state index is 0.216. The van der Waals surface area contributed by atoms with E-state index in [0.717, 1.165) is 63.7 Å². The molecule has 0 radical (unpaired) electrons. The molecule has 7 nitrogen and oxygen atoms in total. The SMILES string of the molecule is Cc1nc2c(C)cc(-c3nn4cc(C5CCB(C#N)CC5)nc4s3)cn2n1. The van der Waals surface area contributed by atoms with Crippen LogP contribution in [-0.2, 0) is 0 Å². The molecule has 4 aromatic heterocycles. The lowest BCUT2D eigenvalue weighted by atomic mass is 9.41. The lowest BCUT2D eigenvalue weighted by Gasteiger charge is -2.21. The Morgan fingerprint density at radius 2 is 1.96 bits per heavy atom. The predicted molar refractivity (Wildman–Crippen MR) is 105 cm³/mol. The standard InChI is InChI=1S/C18H18BN7S/c1-11-7-14(8-25-16(11)21-12(2)23-25)17-24-26-9-15(22-18(26)27-17)13-3-5-19(10-20)6-4-13/h7-9,13H,3-6H2,1-2H3. The van der Waals surface area contributed by atoms with Crippen LogP contribution in [0.25, 0.3) is 21.2 Å². The van der Waals surface area contributed by atoms with Crippen molar-refractivity contribution in [3.8, 4) is 16.5 Å². The van der Waals surface area contributed by atoms with E-state index in [1.54, 1.807) is 11.3 Å². The van der Waals surface area contributed by atoms with E-state index in [1.165, 1.54) is 0 Å². The first-order valence-electron chi connectivity index (χ1n) is 9.20. The lowest BCUT2D eigenvalue weighted by molar-refractivity contribution is 0.598. The minimum absolute atomic E-state index is 0.216. The largest absolute Gasteiger partial charge is 0.267 e. The van der Waals surface area contributed by atoms with Crippen molar-refractivity contribution in [2.24, 2.45) is 0 Å². The molecule has 4 aromatic rings. The van der Waals surface area contributed by atoms with Crippen molar-refractivity contribution in [1.82, 2.24) is 29.2 Å². The van der Waals surface area contributed by atoms with Crippen LogP contribution in [0.5, 0.6) is 0 Å². The number of rotatable bonds is 2. The average Bonchev–Trinajstić information content (AvgIpc) is 3.34. The van der Waals surface area contributed by atoms with Crippen molar-refractivity contribution < 1.29 is 0 Å². The number of fused-ring (bicyclic) bond motifs is 2. The fraction of sp³-hybridized carbons (Fsp3) is 0.389. The van der Waals surface area contributed by atoms with Gasteiger partial charge < -0.3 is 0 Å². The zero-order valence-electron chi connectivity index (χ0n) is 15.3. The van der Waals surface area contributed by atoms with E-state index >= 15 is 0 Å². The highest BCUT2D eigenvalue weighted by atomic mass is 32.1. The summed E-state index contributed by atoms with van der Waals surface area (Å²) in [4.78, 5) is 10.2. The van der Waals surface area contributed by atoms with Crippen LogP contribution in [0.4, 0.5) is 0 Å². The summed E-state index contributed by atoms with van der Waals surface area (Å²) in [6.45, 7) is 4.16.